The lowest BCUT2D eigenvalue weighted by molar-refractivity contribution is 0.678. The second kappa shape index (κ2) is 7.03. The number of hydrogen-bond donors (Lipinski definition) is 0. The van der Waals surface area contributed by atoms with Crippen LogP contribution in [0.15, 0.2) is 64.2 Å². The first-order valence-corrected chi connectivity index (χ1v) is 8.68. The SMILES string of the molecule is Cn1nc(-c2ccc(/C=C/c3ccccc3)cc2)nc2c(=O)n(C)c(=O)nc1-2. The summed E-state index contributed by atoms with van der Waals surface area (Å²) in [5, 5.41) is 4.34. The summed E-state index contributed by atoms with van der Waals surface area (Å²) in [6.45, 7) is 0. The minimum absolute atomic E-state index is 0.114. The molecule has 0 N–H and O–H groups in total. The molecule has 0 radical (unpaired) electrons. The number of fused-ring (bicyclic) bond motifs is 1. The Labute approximate surface area is 160 Å². The molecule has 0 saturated heterocycles. The number of benzene rings is 2. The van der Waals surface area contributed by atoms with Crippen LogP contribution >= 0.6 is 0 Å². The first-order chi connectivity index (χ1) is 13.5. The van der Waals surface area contributed by atoms with E-state index in [4.69, 9.17) is 0 Å². The van der Waals surface area contributed by atoms with Gasteiger partial charge in [0.2, 0.25) is 0 Å². The second-order valence-corrected chi connectivity index (χ2v) is 6.36. The maximum atomic E-state index is 12.4. The zero-order valence-corrected chi connectivity index (χ0v) is 15.4. The minimum atomic E-state index is -0.626. The monoisotopic (exact) mass is 371 g/mol. The number of aryl methyl sites for hydroxylation is 1. The highest BCUT2D eigenvalue weighted by Gasteiger charge is 2.19. The lowest BCUT2D eigenvalue weighted by Gasteiger charge is -2.11. The van der Waals surface area contributed by atoms with Gasteiger partial charge in [-0.3, -0.25) is 9.36 Å². The molecule has 0 amide bonds. The fourth-order valence-corrected chi connectivity index (χ4v) is 2.82. The van der Waals surface area contributed by atoms with Gasteiger partial charge in [0.25, 0.3) is 5.56 Å². The lowest BCUT2D eigenvalue weighted by atomic mass is 10.1. The topological polar surface area (TPSA) is 82.7 Å². The van der Waals surface area contributed by atoms with Crippen molar-refractivity contribution in [2.24, 2.45) is 14.1 Å². The first kappa shape index (κ1) is 17.5. The average Bonchev–Trinajstić information content (AvgIpc) is 2.72. The largest absolute Gasteiger partial charge is 0.352 e. The predicted octanol–water partition coefficient (Wildman–Crippen LogP) is 2.21. The van der Waals surface area contributed by atoms with Gasteiger partial charge in [0.1, 0.15) is 0 Å². The van der Waals surface area contributed by atoms with Gasteiger partial charge in [0, 0.05) is 19.7 Å². The minimum Gasteiger partial charge on any atom is -0.267 e. The highest BCUT2D eigenvalue weighted by Crippen LogP contribution is 2.19. The third-order valence-electron chi connectivity index (χ3n) is 4.41. The van der Waals surface area contributed by atoms with Crippen molar-refractivity contribution in [1.82, 2.24) is 24.3 Å². The molecule has 2 aliphatic heterocycles. The molecule has 0 fully saturated rings. The second-order valence-electron chi connectivity index (χ2n) is 6.36. The predicted molar refractivity (Wildman–Crippen MR) is 108 cm³/mol. The standard InChI is InChI=1S/C21H17N5O2/c1-25-20(27)17-19(23-21(25)28)26(2)24-18(22-17)16-12-10-15(11-13-16)9-8-14-6-4-3-5-7-14/h3-13H,1-2H3/b9-8+. The molecular weight excluding hydrogens is 354 g/mol. The van der Waals surface area contributed by atoms with Gasteiger partial charge in [0.15, 0.2) is 17.3 Å². The Bertz CT molecular complexity index is 1250. The van der Waals surface area contributed by atoms with E-state index in [-0.39, 0.29) is 11.5 Å². The summed E-state index contributed by atoms with van der Waals surface area (Å²) in [7, 11) is 3.02. The highest BCUT2D eigenvalue weighted by molar-refractivity contribution is 5.71. The molecule has 2 aromatic carbocycles. The lowest BCUT2D eigenvalue weighted by Crippen LogP contribution is -2.36. The van der Waals surface area contributed by atoms with E-state index in [9.17, 15) is 9.59 Å². The van der Waals surface area contributed by atoms with Crippen molar-refractivity contribution in [2.75, 3.05) is 0 Å². The number of hydrogen-bond acceptors (Lipinski definition) is 5. The van der Waals surface area contributed by atoms with Crippen LogP contribution in [0.1, 0.15) is 11.1 Å². The zero-order chi connectivity index (χ0) is 19.7. The third-order valence-corrected chi connectivity index (χ3v) is 4.41. The molecule has 2 heterocycles. The van der Waals surface area contributed by atoms with Crippen LogP contribution in [-0.4, -0.2) is 24.3 Å². The summed E-state index contributed by atoms with van der Waals surface area (Å²) in [6, 6.07) is 17.8. The van der Waals surface area contributed by atoms with E-state index >= 15 is 0 Å². The summed E-state index contributed by atoms with van der Waals surface area (Å²) in [6.07, 6.45) is 4.06. The molecule has 0 saturated carbocycles. The van der Waals surface area contributed by atoms with Crippen LogP contribution in [0.25, 0.3) is 35.1 Å². The molecule has 0 bridgehead atoms. The van der Waals surface area contributed by atoms with E-state index < -0.39 is 11.2 Å². The van der Waals surface area contributed by atoms with Crippen molar-refractivity contribution in [2.45, 2.75) is 0 Å². The van der Waals surface area contributed by atoms with Gasteiger partial charge >= 0.3 is 5.69 Å². The van der Waals surface area contributed by atoms with Crippen molar-refractivity contribution in [3.8, 4) is 22.9 Å². The molecule has 7 heteroatoms. The van der Waals surface area contributed by atoms with E-state index in [0.717, 1.165) is 21.3 Å². The quantitative estimate of drug-likeness (QED) is 0.516. The fourth-order valence-electron chi connectivity index (χ4n) is 2.82. The van der Waals surface area contributed by atoms with Crippen LogP contribution in [0.5, 0.6) is 0 Å². The summed E-state index contributed by atoms with van der Waals surface area (Å²) in [5.41, 5.74) is 1.92. The molecule has 0 atom stereocenters. The molecule has 138 valence electrons. The molecular formula is C21H17N5O2. The first-order valence-electron chi connectivity index (χ1n) is 8.68. The Hall–Kier alpha value is -3.87. The van der Waals surface area contributed by atoms with Crippen molar-refractivity contribution >= 4 is 12.2 Å². The van der Waals surface area contributed by atoms with Crippen LogP contribution in [0.2, 0.25) is 0 Å². The summed E-state index contributed by atoms with van der Waals surface area (Å²) in [5.74, 6) is 0.561. The molecule has 0 aliphatic carbocycles. The van der Waals surface area contributed by atoms with Gasteiger partial charge in [-0.15, -0.1) is 0 Å². The number of aromatic nitrogens is 5. The molecule has 0 spiro atoms. The fraction of sp³-hybridized carbons (Fsp3) is 0.0952. The molecule has 4 rings (SSSR count). The van der Waals surface area contributed by atoms with E-state index in [1.54, 1.807) is 7.05 Å². The summed E-state index contributed by atoms with van der Waals surface area (Å²) < 4.78 is 2.35. The Morgan fingerprint density at radius 2 is 1.46 bits per heavy atom. The molecule has 7 nitrogen and oxygen atoms in total. The number of nitrogens with zero attached hydrogens (tertiary/aromatic N) is 5. The maximum absolute atomic E-state index is 12.4. The van der Waals surface area contributed by atoms with Crippen molar-refractivity contribution in [3.05, 3.63) is 86.6 Å². The van der Waals surface area contributed by atoms with E-state index in [0.29, 0.717) is 5.82 Å². The van der Waals surface area contributed by atoms with E-state index in [2.05, 4.69) is 15.1 Å². The van der Waals surface area contributed by atoms with Gasteiger partial charge in [-0.1, -0.05) is 66.7 Å². The van der Waals surface area contributed by atoms with Gasteiger partial charge in [-0.25, -0.2) is 14.5 Å². The Morgan fingerprint density at radius 1 is 0.821 bits per heavy atom. The van der Waals surface area contributed by atoms with Crippen LogP contribution in [0, 0.1) is 0 Å². The molecule has 2 aromatic rings. The normalized spacial score (nSPS) is 11.4. The summed E-state index contributed by atoms with van der Waals surface area (Å²) >= 11 is 0. The zero-order valence-electron chi connectivity index (χ0n) is 15.4. The van der Waals surface area contributed by atoms with Gasteiger partial charge in [-0.2, -0.15) is 10.1 Å². The molecule has 0 unspecified atom stereocenters. The van der Waals surface area contributed by atoms with Gasteiger partial charge < -0.3 is 0 Å². The summed E-state index contributed by atoms with van der Waals surface area (Å²) in [4.78, 5) is 32.3. The van der Waals surface area contributed by atoms with Crippen LogP contribution in [-0.2, 0) is 14.1 Å². The van der Waals surface area contributed by atoms with Gasteiger partial charge in [-0.05, 0) is 11.1 Å². The molecule has 28 heavy (non-hydrogen) atoms. The van der Waals surface area contributed by atoms with E-state index in [1.165, 1.54) is 11.7 Å². The van der Waals surface area contributed by atoms with Crippen LogP contribution in [0.4, 0.5) is 0 Å². The molecule has 0 aromatic heterocycles. The molecule has 2 aliphatic rings. The van der Waals surface area contributed by atoms with Crippen molar-refractivity contribution in [1.29, 1.82) is 0 Å². The Balaban J connectivity index is 1.71. The van der Waals surface area contributed by atoms with E-state index in [1.807, 2.05) is 66.7 Å². The average molecular weight is 371 g/mol. The van der Waals surface area contributed by atoms with Crippen molar-refractivity contribution < 1.29 is 0 Å². The van der Waals surface area contributed by atoms with Gasteiger partial charge in [0.05, 0.1) is 0 Å². The smallest absolute Gasteiger partial charge is 0.267 e. The number of rotatable bonds is 3. The maximum Gasteiger partial charge on any atom is 0.352 e. The third kappa shape index (κ3) is 3.25. The Morgan fingerprint density at radius 3 is 2.14 bits per heavy atom. The highest BCUT2D eigenvalue weighted by atomic mass is 16.2. The van der Waals surface area contributed by atoms with Crippen LogP contribution < -0.4 is 11.2 Å². The van der Waals surface area contributed by atoms with Crippen LogP contribution in [0.3, 0.4) is 0 Å². The Kier molecular flexibility index (Phi) is 4.41. The van der Waals surface area contributed by atoms with Crippen molar-refractivity contribution in [3.63, 3.8) is 0 Å².